The molecule has 0 aliphatic rings. The monoisotopic (exact) mass is 461 g/mol. The fraction of sp³-hybridized carbons (Fsp3) is 0.579. The fourth-order valence-electron chi connectivity index (χ4n) is 2.16. The van der Waals surface area contributed by atoms with Crippen molar-refractivity contribution in [2.45, 2.75) is 65.4 Å². The van der Waals surface area contributed by atoms with Crippen LogP contribution < -0.4 is 11.1 Å². The van der Waals surface area contributed by atoms with Crippen molar-refractivity contribution in [3.8, 4) is 0 Å². The molecule has 0 aromatic heterocycles. The Hall–Kier alpha value is -1.31. The van der Waals surface area contributed by atoms with Gasteiger partial charge in [-0.1, -0.05) is 25.5 Å². The number of aryl methyl sites for hydroxylation is 1. The van der Waals surface area contributed by atoms with Gasteiger partial charge in [0.1, 0.15) is 5.60 Å². The molecule has 0 heterocycles. The molecule has 3 N–H and O–H groups in total. The summed E-state index contributed by atoms with van der Waals surface area (Å²) in [7, 11) is 0. The van der Waals surface area contributed by atoms with Crippen molar-refractivity contribution in [2.75, 3.05) is 11.9 Å². The van der Waals surface area contributed by atoms with Crippen LogP contribution in [-0.2, 0) is 16.0 Å². The number of nitrogens with zero attached hydrogens (tertiary/aromatic N) is 1. The lowest BCUT2D eigenvalue weighted by molar-refractivity contribution is -0.154. The van der Waals surface area contributed by atoms with E-state index in [1.807, 2.05) is 32.9 Å². The minimum atomic E-state index is -0.406. The minimum Gasteiger partial charge on any atom is -0.460 e. The van der Waals surface area contributed by atoms with Crippen LogP contribution in [0.2, 0.25) is 0 Å². The molecule has 5 nitrogen and oxygen atoms in total. The molecule has 0 aliphatic carbocycles. The highest BCUT2D eigenvalue weighted by atomic mass is 127. The molecule has 1 rings (SSSR count). The number of carbonyl (C=O) groups excluding carboxylic acids is 1. The summed E-state index contributed by atoms with van der Waals surface area (Å²) in [6, 6.07) is 8.16. The maximum absolute atomic E-state index is 11.6. The standard InChI is InChI=1S/C19H31N3O2.HI/c1-5-15-10-12-16(13-11-15)22-18(20)21-14-8-6-7-9-17(23)24-19(2,3)4;/h10-13H,5-9,14H2,1-4H3,(H3,20,21,22);1H. The van der Waals surface area contributed by atoms with E-state index in [-0.39, 0.29) is 29.9 Å². The number of nitrogens with two attached hydrogens (primary N) is 1. The van der Waals surface area contributed by atoms with Crippen molar-refractivity contribution < 1.29 is 9.53 Å². The van der Waals surface area contributed by atoms with E-state index in [2.05, 4.69) is 29.4 Å². The smallest absolute Gasteiger partial charge is 0.306 e. The van der Waals surface area contributed by atoms with Crippen LogP contribution in [0.4, 0.5) is 5.69 Å². The second-order valence-electron chi connectivity index (χ2n) is 6.84. The third-order valence-corrected chi connectivity index (χ3v) is 3.38. The number of hydrogen-bond acceptors (Lipinski definition) is 3. The number of unbranched alkanes of at least 4 members (excludes halogenated alkanes) is 2. The number of benzene rings is 1. The van der Waals surface area contributed by atoms with Crippen LogP contribution in [0, 0.1) is 0 Å². The lowest BCUT2D eigenvalue weighted by Gasteiger charge is -2.19. The molecule has 0 atom stereocenters. The van der Waals surface area contributed by atoms with E-state index in [0.717, 1.165) is 31.4 Å². The van der Waals surface area contributed by atoms with E-state index in [0.29, 0.717) is 18.9 Å². The SMILES string of the molecule is CCc1ccc(NC(N)=NCCCCCC(=O)OC(C)(C)C)cc1.I. The molecule has 0 unspecified atom stereocenters. The predicted octanol–water partition coefficient (Wildman–Crippen LogP) is 4.50. The second kappa shape index (κ2) is 12.1. The third kappa shape index (κ3) is 11.8. The summed E-state index contributed by atoms with van der Waals surface area (Å²) < 4.78 is 5.27. The molecule has 0 spiro atoms. The van der Waals surface area contributed by atoms with Gasteiger partial charge in [0.15, 0.2) is 5.96 Å². The number of anilines is 1. The Labute approximate surface area is 168 Å². The van der Waals surface area contributed by atoms with Crippen molar-refractivity contribution >= 4 is 41.6 Å². The van der Waals surface area contributed by atoms with Gasteiger partial charge in [0.25, 0.3) is 0 Å². The Morgan fingerprint density at radius 2 is 1.80 bits per heavy atom. The van der Waals surface area contributed by atoms with Crippen molar-refractivity contribution in [2.24, 2.45) is 10.7 Å². The van der Waals surface area contributed by atoms with Gasteiger partial charge in [0.05, 0.1) is 0 Å². The zero-order chi connectivity index (χ0) is 18.0. The van der Waals surface area contributed by atoms with Crippen LogP contribution in [0.5, 0.6) is 0 Å². The van der Waals surface area contributed by atoms with Gasteiger partial charge in [0, 0.05) is 18.7 Å². The maximum atomic E-state index is 11.6. The Morgan fingerprint density at radius 3 is 2.36 bits per heavy atom. The van der Waals surface area contributed by atoms with E-state index < -0.39 is 5.60 Å². The summed E-state index contributed by atoms with van der Waals surface area (Å²) in [6.07, 6.45) is 4.13. The van der Waals surface area contributed by atoms with E-state index in [9.17, 15) is 4.79 Å². The van der Waals surface area contributed by atoms with Gasteiger partial charge >= 0.3 is 5.97 Å². The van der Waals surface area contributed by atoms with Gasteiger partial charge in [-0.3, -0.25) is 9.79 Å². The average molecular weight is 461 g/mol. The molecule has 1 aromatic carbocycles. The summed E-state index contributed by atoms with van der Waals surface area (Å²) in [5.41, 5.74) is 7.70. The summed E-state index contributed by atoms with van der Waals surface area (Å²) >= 11 is 0. The van der Waals surface area contributed by atoms with Gasteiger partial charge in [-0.15, -0.1) is 24.0 Å². The number of ether oxygens (including phenoxy) is 1. The van der Waals surface area contributed by atoms with Gasteiger partial charge in [-0.2, -0.15) is 0 Å². The summed E-state index contributed by atoms with van der Waals surface area (Å²) in [4.78, 5) is 15.9. The number of rotatable bonds is 8. The van der Waals surface area contributed by atoms with Crippen LogP contribution >= 0.6 is 24.0 Å². The van der Waals surface area contributed by atoms with Gasteiger partial charge in [-0.25, -0.2) is 0 Å². The summed E-state index contributed by atoms with van der Waals surface area (Å²) in [6.45, 7) is 8.42. The topological polar surface area (TPSA) is 76.7 Å². The van der Waals surface area contributed by atoms with Crippen LogP contribution in [-0.4, -0.2) is 24.1 Å². The van der Waals surface area contributed by atoms with Gasteiger partial charge in [0.2, 0.25) is 0 Å². The first-order valence-electron chi connectivity index (χ1n) is 8.68. The Kier molecular flexibility index (Phi) is 11.5. The van der Waals surface area contributed by atoms with Crippen molar-refractivity contribution in [1.82, 2.24) is 0 Å². The third-order valence-electron chi connectivity index (χ3n) is 3.38. The van der Waals surface area contributed by atoms with Crippen LogP contribution in [0.1, 0.15) is 58.9 Å². The number of esters is 1. The van der Waals surface area contributed by atoms with E-state index in [1.54, 1.807) is 0 Å². The molecular formula is C19H32IN3O2. The highest BCUT2D eigenvalue weighted by Gasteiger charge is 2.15. The predicted molar refractivity (Wildman–Crippen MR) is 116 cm³/mol. The number of hydrogen-bond donors (Lipinski definition) is 2. The molecule has 0 radical (unpaired) electrons. The molecular weight excluding hydrogens is 429 g/mol. The largest absolute Gasteiger partial charge is 0.460 e. The fourth-order valence-corrected chi connectivity index (χ4v) is 2.16. The van der Waals surface area contributed by atoms with E-state index >= 15 is 0 Å². The first-order chi connectivity index (χ1) is 11.3. The number of halogens is 1. The van der Waals surface area contributed by atoms with E-state index in [1.165, 1.54) is 5.56 Å². The van der Waals surface area contributed by atoms with Gasteiger partial charge < -0.3 is 15.8 Å². The van der Waals surface area contributed by atoms with Gasteiger partial charge in [-0.05, 0) is 57.7 Å². The quantitative estimate of drug-likeness (QED) is 0.197. The maximum Gasteiger partial charge on any atom is 0.306 e. The zero-order valence-electron chi connectivity index (χ0n) is 15.8. The number of guanidine groups is 1. The normalized spacial score (nSPS) is 11.6. The number of nitrogens with one attached hydrogen (secondary N) is 1. The number of aliphatic imine (C=N–C) groups is 1. The molecule has 0 amide bonds. The molecule has 1 aromatic rings. The molecule has 25 heavy (non-hydrogen) atoms. The highest BCUT2D eigenvalue weighted by Crippen LogP contribution is 2.11. The molecule has 0 bridgehead atoms. The molecule has 0 saturated carbocycles. The Morgan fingerprint density at radius 1 is 1.16 bits per heavy atom. The molecule has 142 valence electrons. The average Bonchev–Trinajstić information content (AvgIpc) is 2.49. The molecule has 0 aliphatic heterocycles. The second-order valence-corrected chi connectivity index (χ2v) is 6.84. The first kappa shape index (κ1) is 23.7. The lowest BCUT2D eigenvalue weighted by Crippen LogP contribution is -2.23. The Bertz CT molecular complexity index is 537. The van der Waals surface area contributed by atoms with Crippen molar-refractivity contribution in [3.63, 3.8) is 0 Å². The Balaban J connectivity index is 0.00000576. The highest BCUT2D eigenvalue weighted by molar-refractivity contribution is 14.0. The summed E-state index contributed by atoms with van der Waals surface area (Å²) in [5, 5.41) is 3.08. The zero-order valence-corrected chi connectivity index (χ0v) is 18.1. The molecule has 6 heteroatoms. The first-order valence-corrected chi connectivity index (χ1v) is 8.68. The van der Waals surface area contributed by atoms with Crippen molar-refractivity contribution in [3.05, 3.63) is 29.8 Å². The van der Waals surface area contributed by atoms with Crippen LogP contribution in [0.3, 0.4) is 0 Å². The molecule has 0 saturated heterocycles. The van der Waals surface area contributed by atoms with E-state index in [4.69, 9.17) is 10.5 Å². The van der Waals surface area contributed by atoms with Crippen LogP contribution in [0.15, 0.2) is 29.3 Å². The summed E-state index contributed by atoms with van der Waals surface area (Å²) in [5.74, 6) is 0.286. The van der Waals surface area contributed by atoms with Crippen molar-refractivity contribution in [1.29, 1.82) is 0 Å². The van der Waals surface area contributed by atoms with Crippen LogP contribution in [0.25, 0.3) is 0 Å². The minimum absolute atomic E-state index is 0. The lowest BCUT2D eigenvalue weighted by atomic mass is 10.1. The number of carbonyl (C=O) groups is 1. The molecule has 0 fully saturated rings.